The molecule has 2 aliphatic rings. The molecule has 41 heavy (non-hydrogen) atoms. The number of rotatable bonds is 7. The fourth-order valence-corrected chi connectivity index (χ4v) is 5.90. The lowest BCUT2D eigenvalue weighted by Gasteiger charge is -2.35. The number of benzene rings is 1. The van der Waals surface area contributed by atoms with Gasteiger partial charge in [-0.25, -0.2) is 0 Å². The third-order valence-electron chi connectivity index (χ3n) is 7.90. The highest BCUT2D eigenvalue weighted by Crippen LogP contribution is 2.34. The number of hydrogen-bond donors (Lipinski definition) is 1. The highest BCUT2D eigenvalue weighted by Gasteiger charge is 2.44. The van der Waals surface area contributed by atoms with Crippen molar-refractivity contribution in [3.05, 3.63) is 59.9 Å². The van der Waals surface area contributed by atoms with Crippen molar-refractivity contribution in [3.8, 4) is 6.19 Å². The summed E-state index contributed by atoms with van der Waals surface area (Å²) in [7, 11) is 0. The molecule has 1 aliphatic heterocycles. The van der Waals surface area contributed by atoms with E-state index in [1.54, 1.807) is 23.4 Å². The number of hydrogen-bond acceptors (Lipinski definition) is 6. The maximum absolute atomic E-state index is 14.6. The minimum atomic E-state index is -0.943. The van der Waals surface area contributed by atoms with Crippen LogP contribution < -0.4 is 10.2 Å². The molecule has 0 radical (unpaired) electrons. The minimum Gasteiger partial charge on any atom is -0.371 e. The Morgan fingerprint density at radius 3 is 2.32 bits per heavy atom. The topological polar surface area (TPSA) is 98.6 Å². The van der Waals surface area contributed by atoms with E-state index in [1.165, 1.54) is 11.3 Å². The molecule has 1 N–H and O–H groups in total. The lowest BCUT2D eigenvalue weighted by molar-refractivity contribution is -0.128. The highest BCUT2D eigenvalue weighted by molar-refractivity contribution is 6.04. The second kappa shape index (κ2) is 12.6. The van der Waals surface area contributed by atoms with Gasteiger partial charge in [0.1, 0.15) is 12.1 Å². The number of carbonyl (C=O) groups is 2. The summed E-state index contributed by atoms with van der Waals surface area (Å²) in [4.78, 5) is 36.1. The van der Waals surface area contributed by atoms with E-state index in [-0.39, 0.29) is 29.4 Å². The normalized spacial score (nSPS) is 20.8. The van der Waals surface area contributed by atoms with E-state index in [4.69, 9.17) is 4.74 Å². The first-order valence-corrected chi connectivity index (χ1v) is 14.9. The van der Waals surface area contributed by atoms with Gasteiger partial charge >= 0.3 is 0 Å². The van der Waals surface area contributed by atoms with Gasteiger partial charge in [-0.05, 0) is 62.8 Å². The SMILES string of the molecule is CC(C)(C)O[C@@H]1C[C@H](C(=O)N(c2ccc(C(C)(C)C)cc2)C(C(=O)NC2CCCCC2)c2cccnc2)N(C#N)C1. The molecule has 2 amide bonds. The van der Waals surface area contributed by atoms with E-state index in [2.05, 4.69) is 37.3 Å². The molecule has 1 saturated heterocycles. The Kier molecular flexibility index (Phi) is 9.38. The monoisotopic (exact) mass is 559 g/mol. The number of nitrogens with zero attached hydrogens (tertiary/aromatic N) is 4. The quantitative estimate of drug-likeness (QED) is 0.441. The molecule has 2 heterocycles. The van der Waals surface area contributed by atoms with Crippen molar-refractivity contribution >= 4 is 17.5 Å². The van der Waals surface area contributed by atoms with Crippen LogP contribution in [0.15, 0.2) is 48.8 Å². The lowest BCUT2D eigenvalue weighted by atomic mass is 9.87. The van der Waals surface area contributed by atoms with E-state index in [9.17, 15) is 14.9 Å². The van der Waals surface area contributed by atoms with Crippen LogP contribution in [0.4, 0.5) is 5.69 Å². The van der Waals surface area contributed by atoms with E-state index >= 15 is 0 Å². The number of pyridine rings is 1. The molecule has 1 aliphatic carbocycles. The van der Waals surface area contributed by atoms with Crippen LogP contribution in [0.2, 0.25) is 0 Å². The van der Waals surface area contributed by atoms with Gasteiger partial charge in [-0.15, -0.1) is 0 Å². The zero-order valence-corrected chi connectivity index (χ0v) is 25.4. The van der Waals surface area contributed by atoms with E-state index in [0.29, 0.717) is 24.2 Å². The smallest absolute Gasteiger partial charge is 0.251 e. The number of anilines is 1. The van der Waals surface area contributed by atoms with Gasteiger partial charge in [0, 0.05) is 36.1 Å². The van der Waals surface area contributed by atoms with E-state index < -0.39 is 17.7 Å². The van der Waals surface area contributed by atoms with Crippen LogP contribution in [-0.2, 0) is 19.7 Å². The molecule has 8 nitrogen and oxygen atoms in total. The van der Waals surface area contributed by atoms with E-state index in [1.807, 2.05) is 51.1 Å². The average Bonchev–Trinajstić information content (AvgIpc) is 3.33. The summed E-state index contributed by atoms with van der Waals surface area (Å²) in [5, 5.41) is 13.3. The van der Waals surface area contributed by atoms with Crippen LogP contribution in [0.3, 0.4) is 0 Å². The largest absolute Gasteiger partial charge is 0.371 e. The van der Waals surface area contributed by atoms with Crippen LogP contribution >= 0.6 is 0 Å². The van der Waals surface area contributed by atoms with Gasteiger partial charge in [0.05, 0.1) is 18.2 Å². The van der Waals surface area contributed by atoms with E-state index in [0.717, 1.165) is 31.2 Å². The van der Waals surface area contributed by atoms with Gasteiger partial charge in [-0.3, -0.25) is 24.4 Å². The molecule has 0 spiro atoms. The standard InChI is InChI=1S/C33H45N5O3/c1-32(2,3)24-14-16-26(17-15-24)38(31(40)28-19-27(21-37(28)22-34)41-33(4,5)6)29(23-11-10-18-35-20-23)30(39)36-25-12-8-7-9-13-25/h10-11,14-18,20,25,27-29H,7-9,12-13,19,21H2,1-6H3,(H,36,39)/t27-,28-,29?/m1/s1. The molecule has 0 bridgehead atoms. The molecule has 3 atom stereocenters. The zero-order chi connectivity index (χ0) is 29.8. The lowest BCUT2D eigenvalue weighted by Crippen LogP contribution is -2.51. The minimum absolute atomic E-state index is 0.0716. The predicted molar refractivity (Wildman–Crippen MR) is 160 cm³/mol. The number of nitrogens with one attached hydrogen (secondary N) is 1. The van der Waals surface area contributed by atoms with Gasteiger partial charge in [-0.2, -0.15) is 5.26 Å². The summed E-state index contributed by atoms with van der Waals surface area (Å²) in [6.07, 6.45) is 10.8. The maximum Gasteiger partial charge on any atom is 0.251 e. The molecule has 1 aromatic carbocycles. The molecular weight excluding hydrogens is 514 g/mol. The summed E-state index contributed by atoms with van der Waals surface area (Å²) < 4.78 is 6.19. The second-order valence-corrected chi connectivity index (χ2v) is 13.4. The van der Waals surface area contributed by atoms with Crippen molar-refractivity contribution in [2.75, 3.05) is 11.4 Å². The van der Waals surface area contributed by atoms with Gasteiger partial charge < -0.3 is 10.1 Å². The first kappa shape index (κ1) is 30.5. The number of likely N-dealkylation sites (tertiary alicyclic amines) is 1. The maximum atomic E-state index is 14.6. The Balaban J connectivity index is 1.77. The van der Waals surface area contributed by atoms with Crippen LogP contribution in [0, 0.1) is 11.5 Å². The van der Waals surface area contributed by atoms with Gasteiger partial charge in [0.2, 0.25) is 5.91 Å². The molecule has 8 heteroatoms. The fourth-order valence-electron chi connectivity index (χ4n) is 5.90. The number of ether oxygens (including phenoxy) is 1. The van der Waals surface area contributed by atoms with Crippen molar-refractivity contribution in [1.82, 2.24) is 15.2 Å². The summed E-state index contributed by atoms with van der Waals surface area (Å²) >= 11 is 0. The Labute approximate surface area is 245 Å². The summed E-state index contributed by atoms with van der Waals surface area (Å²) in [5.41, 5.74) is 1.86. The van der Waals surface area contributed by atoms with Crippen molar-refractivity contribution in [2.24, 2.45) is 0 Å². The van der Waals surface area contributed by atoms with Crippen LogP contribution in [0.5, 0.6) is 0 Å². The summed E-state index contributed by atoms with van der Waals surface area (Å²) in [6.45, 7) is 12.6. The second-order valence-electron chi connectivity index (χ2n) is 13.4. The van der Waals surface area contributed by atoms with Crippen molar-refractivity contribution in [2.45, 2.75) is 115 Å². The Morgan fingerprint density at radius 2 is 1.76 bits per heavy atom. The molecule has 1 saturated carbocycles. The van der Waals surface area contributed by atoms with Crippen LogP contribution in [0.25, 0.3) is 0 Å². The Hall–Kier alpha value is -3.44. The zero-order valence-electron chi connectivity index (χ0n) is 25.4. The van der Waals surface area contributed by atoms with Crippen molar-refractivity contribution in [1.29, 1.82) is 5.26 Å². The molecule has 2 aromatic rings. The predicted octanol–water partition coefficient (Wildman–Crippen LogP) is 5.64. The molecule has 1 unspecified atom stereocenters. The fraction of sp³-hybridized carbons (Fsp3) is 0.576. The molecule has 2 fully saturated rings. The van der Waals surface area contributed by atoms with Gasteiger partial charge in [0.25, 0.3) is 5.91 Å². The summed E-state index contributed by atoms with van der Waals surface area (Å²) in [6, 6.07) is 9.83. The van der Waals surface area contributed by atoms with Crippen molar-refractivity contribution in [3.63, 3.8) is 0 Å². The number of aromatic nitrogens is 1. The Bertz CT molecular complexity index is 1220. The summed E-state index contributed by atoms with van der Waals surface area (Å²) in [5.74, 6) is -0.537. The highest BCUT2D eigenvalue weighted by atomic mass is 16.5. The van der Waals surface area contributed by atoms with Crippen molar-refractivity contribution < 1.29 is 14.3 Å². The Morgan fingerprint density at radius 1 is 1.07 bits per heavy atom. The molecule has 1 aromatic heterocycles. The molecular formula is C33H45N5O3. The van der Waals surface area contributed by atoms with Crippen LogP contribution in [0.1, 0.15) is 97.2 Å². The third-order valence-corrected chi connectivity index (χ3v) is 7.90. The first-order valence-electron chi connectivity index (χ1n) is 14.9. The van der Waals surface area contributed by atoms with Gasteiger partial charge in [-0.1, -0.05) is 58.2 Å². The number of amides is 2. The number of nitriles is 1. The third kappa shape index (κ3) is 7.65. The molecule has 4 rings (SSSR count). The average molecular weight is 560 g/mol. The first-order chi connectivity index (χ1) is 19.4. The van der Waals surface area contributed by atoms with Crippen LogP contribution in [-0.4, -0.2) is 52.0 Å². The van der Waals surface area contributed by atoms with Gasteiger partial charge in [0.15, 0.2) is 6.19 Å². The molecule has 220 valence electrons. The number of carbonyl (C=O) groups excluding carboxylic acids is 2.